The first-order valence-corrected chi connectivity index (χ1v) is 6.60. The lowest BCUT2D eigenvalue weighted by Crippen LogP contribution is -2.53. The van der Waals surface area contributed by atoms with Crippen molar-refractivity contribution in [2.45, 2.75) is 59.0 Å². The second kappa shape index (κ2) is 6.24. The van der Waals surface area contributed by atoms with E-state index in [0.29, 0.717) is 11.8 Å². The minimum absolute atomic E-state index is 0.0141. The summed E-state index contributed by atoms with van der Waals surface area (Å²) in [5, 5.41) is 6.45. The highest BCUT2D eigenvalue weighted by atomic mass is 16.2. The first kappa shape index (κ1) is 13.5. The molecular formula is C13H26N2O. The summed E-state index contributed by atoms with van der Waals surface area (Å²) in [6.45, 7) is 9.57. The van der Waals surface area contributed by atoms with Gasteiger partial charge in [0.25, 0.3) is 0 Å². The van der Waals surface area contributed by atoms with Crippen LogP contribution in [0.1, 0.15) is 47.0 Å². The van der Waals surface area contributed by atoms with E-state index in [0.717, 1.165) is 19.4 Å². The third-order valence-corrected chi connectivity index (χ3v) is 3.92. The molecule has 1 fully saturated rings. The van der Waals surface area contributed by atoms with Crippen LogP contribution in [0.3, 0.4) is 0 Å². The highest BCUT2D eigenvalue weighted by Gasteiger charge is 2.28. The molecule has 0 radical (unpaired) electrons. The van der Waals surface area contributed by atoms with Crippen molar-refractivity contribution in [1.29, 1.82) is 0 Å². The van der Waals surface area contributed by atoms with Gasteiger partial charge in [-0.05, 0) is 38.1 Å². The second-order valence-electron chi connectivity index (χ2n) is 5.23. The normalized spacial score (nSPS) is 29.5. The van der Waals surface area contributed by atoms with E-state index in [1.165, 1.54) is 6.42 Å². The molecule has 1 aliphatic heterocycles. The van der Waals surface area contributed by atoms with Crippen molar-refractivity contribution >= 4 is 5.91 Å². The molecule has 1 saturated heterocycles. The number of hydrogen-bond acceptors (Lipinski definition) is 2. The first-order chi connectivity index (χ1) is 7.56. The van der Waals surface area contributed by atoms with Crippen LogP contribution in [0.5, 0.6) is 0 Å². The third kappa shape index (κ3) is 3.48. The van der Waals surface area contributed by atoms with Gasteiger partial charge in [-0.15, -0.1) is 0 Å². The van der Waals surface area contributed by atoms with Crippen molar-refractivity contribution in [3.05, 3.63) is 0 Å². The number of piperidine rings is 1. The van der Waals surface area contributed by atoms with Gasteiger partial charge in [0, 0.05) is 6.04 Å². The van der Waals surface area contributed by atoms with Crippen LogP contribution in [-0.2, 0) is 4.79 Å². The summed E-state index contributed by atoms with van der Waals surface area (Å²) in [7, 11) is 0. The van der Waals surface area contributed by atoms with Gasteiger partial charge in [-0.1, -0.05) is 27.2 Å². The monoisotopic (exact) mass is 226 g/mol. The SMILES string of the molecule is CCC(C)C(C)NC(=O)C1NCCCC1C. The fourth-order valence-electron chi connectivity index (χ4n) is 2.21. The summed E-state index contributed by atoms with van der Waals surface area (Å²) in [6, 6.07) is 0.286. The summed E-state index contributed by atoms with van der Waals surface area (Å²) in [5.74, 6) is 1.18. The Morgan fingerprint density at radius 2 is 2.19 bits per heavy atom. The van der Waals surface area contributed by atoms with Gasteiger partial charge in [0.1, 0.15) is 0 Å². The molecule has 1 rings (SSSR count). The molecule has 4 unspecified atom stereocenters. The van der Waals surface area contributed by atoms with Crippen molar-refractivity contribution in [2.24, 2.45) is 11.8 Å². The predicted molar refractivity (Wildman–Crippen MR) is 67.2 cm³/mol. The Morgan fingerprint density at radius 3 is 2.75 bits per heavy atom. The van der Waals surface area contributed by atoms with E-state index in [4.69, 9.17) is 0 Å². The maximum atomic E-state index is 12.1. The van der Waals surface area contributed by atoms with Gasteiger partial charge >= 0.3 is 0 Å². The standard InChI is InChI=1S/C13H26N2O/c1-5-9(2)11(4)15-13(16)12-10(3)7-6-8-14-12/h9-12,14H,5-8H2,1-4H3,(H,15,16). The molecule has 0 aromatic heterocycles. The van der Waals surface area contributed by atoms with Crippen LogP contribution in [0.2, 0.25) is 0 Å². The average Bonchev–Trinajstić information content (AvgIpc) is 2.28. The van der Waals surface area contributed by atoms with Gasteiger partial charge in [-0.3, -0.25) is 4.79 Å². The Morgan fingerprint density at radius 1 is 1.50 bits per heavy atom. The predicted octanol–water partition coefficient (Wildman–Crippen LogP) is 1.93. The van der Waals surface area contributed by atoms with Gasteiger partial charge in [0.2, 0.25) is 5.91 Å². The number of amides is 1. The summed E-state index contributed by atoms with van der Waals surface area (Å²) >= 11 is 0. The van der Waals surface area contributed by atoms with Crippen molar-refractivity contribution in [3.8, 4) is 0 Å². The van der Waals surface area contributed by atoms with Crippen LogP contribution in [0.15, 0.2) is 0 Å². The molecule has 0 saturated carbocycles. The summed E-state index contributed by atoms with van der Waals surface area (Å²) in [5.41, 5.74) is 0. The second-order valence-corrected chi connectivity index (χ2v) is 5.23. The molecule has 4 atom stereocenters. The molecule has 1 aliphatic rings. The van der Waals surface area contributed by atoms with Crippen LogP contribution in [0, 0.1) is 11.8 Å². The van der Waals surface area contributed by atoms with Crippen molar-refractivity contribution in [1.82, 2.24) is 10.6 Å². The zero-order chi connectivity index (χ0) is 12.1. The molecule has 1 heterocycles. The van der Waals surface area contributed by atoms with Crippen LogP contribution in [-0.4, -0.2) is 24.5 Å². The molecular weight excluding hydrogens is 200 g/mol. The lowest BCUT2D eigenvalue weighted by molar-refractivity contribution is -0.125. The number of carbonyl (C=O) groups excluding carboxylic acids is 1. The van der Waals surface area contributed by atoms with E-state index in [-0.39, 0.29) is 18.0 Å². The first-order valence-electron chi connectivity index (χ1n) is 6.60. The Balaban J connectivity index is 2.44. The molecule has 94 valence electrons. The van der Waals surface area contributed by atoms with Gasteiger partial charge < -0.3 is 10.6 Å². The molecule has 0 bridgehead atoms. The summed E-state index contributed by atoms with van der Waals surface area (Å²) in [6.07, 6.45) is 3.45. The molecule has 16 heavy (non-hydrogen) atoms. The highest BCUT2D eigenvalue weighted by molar-refractivity contribution is 5.82. The molecule has 0 aromatic carbocycles. The fourth-order valence-corrected chi connectivity index (χ4v) is 2.21. The summed E-state index contributed by atoms with van der Waals surface area (Å²) in [4.78, 5) is 12.1. The molecule has 0 aromatic rings. The fraction of sp³-hybridized carbons (Fsp3) is 0.923. The Hall–Kier alpha value is -0.570. The Labute approximate surface area is 99.4 Å². The summed E-state index contributed by atoms with van der Waals surface area (Å²) < 4.78 is 0. The topological polar surface area (TPSA) is 41.1 Å². The number of carbonyl (C=O) groups is 1. The number of nitrogens with one attached hydrogen (secondary N) is 2. The maximum Gasteiger partial charge on any atom is 0.237 e. The van der Waals surface area contributed by atoms with Gasteiger partial charge in [0.05, 0.1) is 6.04 Å². The van der Waals surface area contributed by atoms with E-state index in [2.05, 4.69) is 38.3 Å². The van der Waals surface area contributed by atoms with E-state index in [9.17, 15) is 4.79 Å². The maximum absolute atomic E-state index is 12.1. The minimum Gasteiger partial charge on any atom is -0.352 e. The van der Waals surface area contributed by atoms with E-state index in [1.807, 2.05) is 0 Å². The highest BCUT2D eigenvalue weighted by Crippen LogP contribution is 2.16. The molecule has 0 aliphatic carbocycles. The van der Waals surface area contributed by atoms with Crippen LogP contribution >= 0.6 is 0 Å². The average molecular weight is 226 g/mol. The molecule has 2 N–H and O–H groups in total. The van der Waals surface area contributed by atoms with E-state index >= 15 is 0 Å². The van der Waals surface area contributed by atoms with E-state index < -0.39 is 0 Å². The minimum atomic E-state index is 0.0141. The van der Waals surface area contributed by atoms with E-state index in [1.54, 1.807) is 0 Å². The van der Waals surface area contributed by atoms with Crippen molar-refractivity contribution < 1.29 is 4.79 Å². The van der Waals surface area contributed by atoms with Gasteiger partial charge in [-0.2, -0.15) is 0 Å². The van der Waals surface area contributed by atoms with Crippen molar-refractivity contribution in [3.63, 3.8) is 0 Å². The Kier molecular flexibility index (Phi) is 5.26. The Bertz CT molecular complexity index is 230. The number of rotatable bonds is 4. The van der Waals surface area contributed by atoms with Crippen molar-refractivity contribution in [2.75, 3.05) is 6.54 Å². The zero-order valence-corrected chi connectivity index (χ0v) is 11.0. The lowest BCUT2D eigenvalue weighted by Gasteiger charge is -2.31. The number of hydrogen-bond donors (Lipinski definition) is 2. The van der Waals surface area contributed by atoms with Crippen LogP contribution in [0.4, 0.5) is 0 Å². The molecule has 3 heteroatoms. The molecule has 0 spiro atoms. The lowest BCUT2D eigenvalue weighted by atomic mass is 9.91. The molecule has 1 amide bonds. The molecule has 3 nitrogen and oxygen atoms in total. The zero-order valence-electron chi connectivity index (χ0n) is 11.0. The largest absolute Gasteiger partial charge is 0.352 e. The third-order valence-electron chi connectivity index (χ3n) is 3.92. The van der Waals surface area contributed by atoms with Crippen LogP contribution in [0.25, 0.3) is 0 Å². The quantitative estimate of drug-likeness (QED) is 0.769. The van der Waals surface area contributed by atoms with Crippen LogP contribution < -0.4 is 10.6 Å². The smallest absolute Gasteiger partial charge is 0.237 e. The van der Waals surface area contributed by atoms with Gasteiger partial charge in [0.15, 0.2) is 0 Å². The van der Waals surface area contributed by atoms with Gasteiger partial charge in [-0.25, -0.2) is 0 Å².